The maximum Gasteiger partial charge on any atom is 0.337 e. The number of carboxylic acid groups (broad SMARTS) is 1. The molecule has 4 nitrogen and oxygen atoms in total. The first-order valence-electron chi connectivity index (χ1n) is 5.88. The second-order valence-corrected chi connectivity index (χ2v) is 4.57. The third-order valence-electron chi connectivity index (χ3n) is 2.88. The molecular weight excluding hydrogens is 278 g/mol. The number of nitrogens with one attached hydrogen (secondary N) is 1. The van der Waals surface area contributed by atoms with E-state index < -0.39 is 5.97 Å². The van der Waals surface area contributed by atoms with Crippen molar-refractivity contribution < 1.29 is 14.7 Å². The average Bonchev–Trinajstić information content (AvgIpc) is 2.46. The van der Waals surface area contributed by atoms with Crippen molar-refractivity contribution in [3.8, 4) is 11.1 Å². The first kappa shape index (κ1) is 14.1. The lowest BCUT2D eigenvalue weighted by atomic mass is 10.0. The maximum atomic E-state index is 11.6. The van der Waals surface area contributed by atoms with E-state index in [1.165, 1.54) is 6.07 Å². The van der Waals surface area contributed by atoms with Crippen molar-refractivity contribution in [2.45, 2.75) is 0 Å². The van der Waals surface area contributed by atoms with Gasteiger partial charge in [-0.15, -0.1) is 0 Å². The Labute approximate surface area is 121 Å². The van der Waals surface area contributed by atoms with Gasteiger partial charge in [-0.25, -0.2) is 4.79 Å². The van der Waals surface area contributed by atoms with Gasteiger partial charge in [0.05, 0.1) is 10.6 Å². The van der Waals surface area contributed by atoms with Crippen LogP contribution in [-0.4, -0.2) is 24.0 Å². The van der Waals surface area contributed by atoms with Crippen molar-refractivity contribution in [2.24, 2.45) is 0 Å². The minimum Gasteiger partial charge on any atom is -0.478 e. The molecule has 2 aromatic rings. The van der Waals surface area contributed by atoms with Crippen LogP contribution < -0.4 is 5.32 Å². The van der Waals surface area contributed by atoms with Crippen LogP contribution in [0.4, 0.5) is 0 Å². The predicted molar refractivity (Wildman–Crippen MR) is 77.2 cm³/mol. The fourth-order valence-electron chi connectivity index (χ4n) is 1.85. The SMILES string of the molecule is CNC(=O)c1cccc(-c2ccc(C(=O)O)c(Cl)c2)c1. The Morgan fingerprint density at radius 2 is 1.80 bits per heavy atom. The van der Waals surface area contributed by atoms with Gasteiger partial charge in [-0.05, 0) is 35.4 Å². The highest BCUT2D eigenvalue weighted by Gasteiger charge is 2.10. The average molecular weight is 290 g/mol. The van der Waals surface area contributed by atoms with Gasteiger partial charge in [-0.2, -0.15) is 0 Å². The van der Waals surface area contributed by atoms with Gasteiger partial charge in [0, 0.05) is 12.6 Å². The molecule has 0 saturated heterocycles. The Morgan fingerprint density at radius 1 is 1.10 bits per heavy atom. The second kappa shape index (κ2) is 5.75. The molecule has 0 radical (unpaired) electrons. The fourth-order valence-corrected chi connectivity index (χ4v) is 2.11. The zero-order valence-electron chi connectivity index (χ0n) is 10.7. The van der Waals surface area contributed by atoms with Crippen LogP contribution in [-0.2, 0) is 0 Å². The fraction of sp³-hybridized carbons (Fsp3) is 0.0667. The van der Waals surface area contributed by atoms with Crippen LogP contribution in [0.15, 0.2) is 42.5 Å². The molecule has 0 atom stereocenters. The molecule has 102 valence electrons. The molecule has 2 aromatic carbocycles. The number of rotatable bonds is 3. The molecule has 0 unspecified atom stereocenters. The monoisotopic (exact) mass is 289 g/mol. The smallest absolute Gasteiger partial charge is 0.337 e. The van der Waals surface area contributed by atoms with Gasteiger partial charge in [-0.1, -0.05) is 29.8 Å². The highest BCUT2D eigenvalue weighted by atomic mass is 35.5. The van der Waals surface area contributed by atoms with E-state index in [0.29, 0.717) is 5.56 Å². The van der Waals surface area contributed by atoms with Gasteiger partial charge in [-0.3, -0.25) is 4.79 Å². The molecule has 5 heteroatoms. The van der Waals surface area contributed by atoms with Gasteiger partial charge in [0.25, 0.3) is 5.91 Å². The number of benzene rings is 2. The van der Waals surface area contributed by atoms with Crippen molar-refractivity contribution in [1.29, 1.82) is 0 Å². The quantitative estimate of drug-likeness (QED) is 0.912. The Bertz CT molecular complexity index is 683. The summed E-state index contributed by atoms with van der Waals surface area (Å²) in [6, 6.07) is 11.7. The summed E-state index contributed by atoms with van der Waals surface area (Å²) in [4.78, 5) is 22.5. The van der Waals surface area contributed by atoms with E-state index in [2.05, 4.69) is 5.32 Å². The molecule has 0 heterocycles. The molecule has 2 rings (SSSR count). The van der Waals surface area contributed by atoms with Crippen molar-refractivity contribution >= 4 is 23.5 Å². The largest absolute Gasteiger partial charge is 0.478 e. The molecule has 2 N–H and O–H groups in total. The maximum absolute atomic E-state index is 11.6. The third kappa shape index (κ3) is 2.81. The van der Waals surface area contributed by atoms with Crippen LogP contribution >= 0.6 is 11.6 Å². The summed E-state index contributed by atoms with van der Waals surface area (Å²) in [5, 5.41) is 11.7. The zero-order valence-corrected chi connectivity index (χ0v) is 11.4. The lowest BCUT2D eigenvalue weighted by Crippen LogP contribution is -2.17. The molecule has 0 aliphatic rings. The molecule has 0 spiro atoms. The van der Waals surface area contributed by atoms with E-state index in [1.807, 2.05) is 6.07 Å². The number of carbonyl (C=O) groups excluding carboxylic acids is 1. The van der Waals surface area contributed by atoms with Crippen LogP contribution in [0.2, 0.25) is 5.02 Å². The number of halogens is 1. The molecule has 0 aromatic heterocycles. The van der Waals surface area contributed by atoms with E-state index in [1.54, 1.807) is 37.4 Å². The number of hydrogen-bond donors (Lipinski definition) is 2. The predicted octanol–water partition coefficient (Wildman–Crippen LogP) is 3.06. The molecule has 20 heavy (non-hydrogen) atoms. The standard InChI is InChI=1S/C15H12ClNO3/c1-17-14(18)11-4-2-3-9(7-11)10-5-6-12(15(19)20)13(16)8-10/h2-8H,1H3,(H,17,18)(H,19,20). The summed E-state index contributed by atoms with van der Waals surface area (Å²) < 4.78 is 0. The number of carbonyl (C=O) groups is 2. The summed E-state index contributed by atoms with van der Waals surface area (Å²) in [6.07, 6.45) is 0. The molecule has 0 aliphatic heterocycles. The lowest BCUT2D eigenvalue weighted by Gasteiger charge is -2.06. The minimum absolute atomic E-state index is 0.0536. The Morgan fingerprint density at radius 3 is 2.40 bits per heavy atom. The highest BCUT2D eigenvalue weighted by Crippen LogP contribution is 2.26. The highest BCUT2D eigenvalue weighted by molar-refractivity contribution is 6.33. The van der Waals surface area contributed by atoms with E-state index in [4.69, 9.17) is 16.7 Å². The van der Waals surface area contributed by atoms with Crippen LogP contribution in [0.1, 0.15) is 20.7 Å². The van der Waals surface area contributed by atoms with Crippen molar-refractivity contribution in [3.05, 3.63) is 58.6 Å². The number of carboxylic acids is 1. The lowest BCUT2D eigenvalue weighted by molar-refractivity contribution is 0.0697. The third-order valence-corrected chi connectivity index (χ3v) is 3.20. The summed E-state index contributed by atoms with van der Waals surface area (Å²) >= 11 is 5.94. The Kier molecular flexibility index (Phi) is 4.05. The summed E-state index contributed by atoms with van der Waals surface area (Å²) in [5.41, 5.74) is 2.14. The van der Waals surface area contributed by atoms with Crippen LogP contribution in [0.5, 0.6) is 0 Å². The van der Waals surface area contributed by atoms with Gasteiger partial charge < -0.3 is 10.4 Å². The summed E-state index contributed by atoms with van der Waals surface area (Å²) in [6.45, 7) is 0. The topological polar surface area (TPSA) is 66.4 Å². The van der Waals surface area contributed by atoms with Crippen molar-refractivity contribution in [1.82, 2.24) is 5.32 Å². The first-order valence-corrected chi connectivity index (χ1v) is 6.26. The second-order valence-electron chi connectivity index (χ2n) is 4.16. The van der Waals surface area contributed by atoms with E-state index in [9.17, 15) is 9.59 Å². The molecule has 0 aliphatic carbocycles. The van der Waals surface area contributed by atoms with Gasteiger partial charge >= 0.3 is 5.97 Å². The van der Waals surface area contributed by atoms with Crippen LogP contribution in [0.3, 0.4) is 0 Å². The van der Waals surface area contributed by atoms with E-state index >= 15 is 0 Å². The number of hydrogen-bond acceptors (Lipinski definition) is 2. The summed E-state index contributed by atoms with van der Waals surface area (Å²) in [5.74, 6) is -1.25. The van der Waals surface area contributed by atoms with Crippen LogP contribution in [0, 0.1) is 0 Å². The van der Waals surface area contributed by atoms with Crippen molar-refractivity contribution in [3.63, 3.8) is 0 Å². The molecule has 1 amide bonds. The number of amides is 1. The molecular formula is C15H12ClNO3. The molecule has 0 saturated carbocycles. The molecule has 0 fully saturated rings. The minimum atomic E-state index is -1.07. The van der Waals surface area contributed by atoms with E-state index in [-0.39, 0.29) is 16.5 Å². The summed E-state index contributed by atoms with van der Waals surface area (Å²) in [7, 11) is 1.56. The van der Waals surface area contributed by atoms with Crippen LogP contribution in [0.25, 0.3) is 11.1 Å². The molecule has 0 bridgehead atoms. The zero-order chi connectivity index (χ0) is 14.7. The Hall–Kier alpha value is -2.33. The van der Waals surface area contributed by atoms with Gasteiger partial charge in [0.1, 0.15) is 0 Å². The number of aromatic carboxylic acids is 1. The van der Waals surface area contributed by atoms with Gasteiger partial charge in [0.2, 0.25) is 0 Å². The first-order chi connectivity index (χ1) is 9.52. The van der Waals surface area contributed by atoms with E-state index in [0.717, 1.165) is 11.1 Å². The van der Waals surface area contributed by atoms with Crippen molar-refractivity contribution in [2.75, 3.05) is 7.05 Å². The Balaban J connectivity index is 2.44. The normalized spacial score (nSPS) is 10.1. The van der Waals surface area contributed by atoms with Gasteiger partial charge in [0.15, 0.2) is 0 Å².